The lowest BCUT2D eigenvalue weighted by atomic mass is 10.1. The molecule has 4 N–H and O–H groups in total. The van der Waals surface area contributed by atoms with Gasteiger partial charge in [0.15, 0.2) is 5.84 Å². The molecule has 3 aromatic carbocycles. The Kier molecular flexibility index (Phi) is 6.36. The summed E-state index contributed by atoms with van der Waals surface area (Å²) < 4.78 is 5.69. The van der Waals surface area contributed by atoms with Crippen molar-refractivity contribution < 1.29 is 14.4 Å². The number of nitrogen functional groups attached to an aromatic ring is 1. The molecule has 0 bridgehead atoms. The predicted octanol–water partition coefficient (Wildman–Crippen LogP) is 4.29. The average Bonchev–Trinajstić information content (AvgIpc) is 2.72. The summed E-state index contributed by atoms with van der Waals surface area (Å²) in [4.78, 5) is 17.3. The van der Waals surface area contributed by atoms with Crippen LogP contribution in [0.4, 0.5) is 5.69 Å². The summed E-state index contributed by atoms with van der Waals surface area (Å²) >= 11 is 5.95. The molecule has 0 radical (unpaired) electrons. The van der Waals surface area contributed by atoms with E-state index < -0.39 is 5.97 Å². The molecule has 0 unspecified atom stereocenters. The third-order valence-corrected chi connectivity index (χ3v) is 4.48. The van der Waals surface area contributed by atoms with Gasteiger partial charge in [0.2, 0.25) is 0 Å². The smallest absolute Gasteiger partial charge is 0.365 e. The van der Waals surface area contributed by atoms with Crippen LogP contribution in [-0.4, -0.2) is 11.8 Å². The highest BCUT2D eigenvalue weighted by Gasteiger charge is 2.11. The highest BCUT2D eigenvalue weighted by Crippen LogP contribution is 2.19. The molecule has 0 aromatic heterocycles. The van der Waals surface area contributed by atoms with E-state index in [1.807, 2.05) is 13.0 Å². The van der Waals surface area contributed by atoms with Crippen LogP contribution in [-0.2, 0) is 11.4 Å². The molecule has 3 rings (SSSR count). The fourth-order valence-corrected chi connectivity index (χ4v) is 2.82. The van der Waals surface area contributed by atoms with Crippen molar-refractivity contribution in [3.63, 3.8) is 0 Å². The number of carbonyl (C=O) groups excluding carboxylic acids is 1. The lowest BCUT2D eigenvalue weighted by Gasteiger charge is -2.08. The first-order valence-corrected chi connectivity index (χ1v) is 9.19. The van der Waals surface area contributed by atoms with Crippen molar-refractivity contribution in [1.29, 1.82) is 0 Å². The third-order valence-electron chi connectivity index (χ3n) is 4.24. The number of ether oxygens (including phenoxy) is 1. The van der Waals surface area contributed by atoms with Crippen LogP contribution in [0.2, 0.25) is 5.02 Å². The van der Waals surface area contributed by atoms with Gasteiger partial charge in [-0.15, -0.1) is 0 Å². The van der Waals surface area contributed by atoms with Gasteiger partial charge in [-0.1, -0.05) is 47.1 Å². The minimum Gasteiger partial charge on any atom is -0.489 e. The second-order valence-electron chi connectivity index (χ2n) is 6.32. The SMILES string of the molecule is Cc1c(N)cccc1/C(N)=N/OC(=O)c1cccc(COc2cccc(Cl)c2)c1. The zero-order valence-electron chi connectivity index (χ0n) is 15.8. The summed E-state index contributed by atoms with van der Waals surface area (Å²) in [7, 11) is 0. The van der Waals surface area contributed by atoms with Crippen LogP contribution >= 0.6 is 11.6 Å². The van der Waals surface area contributed by atoms with Gasteiger partial charge in [-0.05, 0) is 54.4 Å². The van der Waals surface area contributed by atoms with Crippen LogP contribution in [0, 0.1) is 6.92 Å². The van der Waals surface area contributed by atoms with Crippen molar-refractivity contribution in [2.24, 2.45) is 10.9 Å². The summed E-state index contributed by atoms with van der Waals surface area (Å²) in [6.07, 6.45) is 0. The fraction of sp³-hybridized carbons (Fsp3) is 0.0909. The van der Waals surface area contributed by atoms with Gasteiger partial charge in [-0.25, -0.2) is 4.79 Å². The van der Waals surface area contributed by atoms with Gasteiger partial charge in [0.05, 0.1) is 5.56 Å². The fourth-order valence-electron chi connectivity index (χ4n) is 2.64. The molecule has 3 aromatic rings. The van der Waals surface area contributed by atoms with Crippen LogP contribution in [0.5, 0.6) is 5.75 Å². The number of benzene rings is 3. The predicted molar refractivity (Wildman–Crippen MR) is 114 cm³/mol. The maximum atomic E-state index is 12.3. The van der Waals surface area contributed by atoms with Crippen molar-refractivity contribution in [3.8, 4) is 5.75 Å². The monoisotopic (exact) mass is 409 g/mol. The first kappa shape index (κ1) is 20.2. The van der Waals surface area contributed by atoms with E-state index in [1.54, 1.807) is 60.7 Å². The summed E-state index contributed by atoms with van der Waals surface area (Å²) in [5.41, 5.74) is 14.9. The molecule has 0 fully saturated rings. The lowest BCUT2D eigenvalue weighted by Crippen LogP contribution is -2.17. The Morgan fingerprint density at radius 2 is 1.83 bits per heavy atom. The first-order valence-electron chi connectivity index (χ1n) is 8.81. The zero-order valence-corrected chi connectivity index (χ0v) is 16.5. The van der Waals surface area contributed by atoms with Crippen LogP contribution < -0.4 is 16.2 Å². The topological polar surface area (TPSA) is 99.9 Å². The molecule has 0 spiro atoms. The largest absolute Gasteiger partial charge is 0.489 e. The quantitative estimate of drug-likeness (QED) is 0.208. The third kappa shape index (κ3) is 5.27. The normalized spacial score (nSPS) is 11.2. The number of nitrogens with two attached hydrogens (primary N) is 2. The first-order chi connectivity index (χ1) is 13.9. The number of halogens is 1. The van der Waals surface area contributed by atoms with Gasteiger partial charge < -0.3 is 21.0 Å². The molecule has 0 aliphatic rings. The zero-order chi connectivity index (χ0) is 20.8. The Hall–Kier alpha value is -3.51. The molecule has 7 heteroatoms. The number of anilines is 1. The van der Waals surface area contributed by atoms with E-state index in [9.17, 15) is 4.79 Å². The van der Waals surface area contributed by atoms with Crippen molar-refractivity contribution in [1.82, 2.24) is 0 Å². The van der Waals surface area contributed by atoms with Gasteiger partial charge in [0.1, 0.15) is 12.4 Å². The van der Waals surface area contributed by atoms with Gasteiger partial charge in [0.25, 0.3) is 0 Å². The van der Waals surface area contributed by atoms with Crippen molar-refractivity contribution in [3.05, 3.63) is 94.0 Å². The van der Waals surface area contributed by atoms with Crippen molar-refractivity contribution in [2.45, 2.75) is 13.5 Å². The van der Waals surface area contributed by atoms with Crippen molar-refractivity contribution >= 4 is 29.1 Å². The molecular formula is C22H20ClN3O3. The Morgan fingerprint density at radius 3 is 2.62 bits per heavy atom. The summed E-state index contributed by atoms with van der Waals surface area (Å²) in [5.74, 6) is 0.0862. The van der Waals surface area contributed by atoms with Crippen LogP contribution in [0.15, 0.2) is 71.9 Å². The van der Waals surface area contributed by atoms with E-state index in [-0.39, 0.29) is 12.4 Å². The maximum absolute atomic E-state index is 12.3. The van der Waals surface area contributed by atoms with Gasteiger partial charge in [0, 0.05) is 16.3 Å². The van der Waals surface area contributed by atoms with Crippen LogP contribution in [0.25, 0.3) is 0 Å². The summed E-state index contributed by atoms with van der Waals surface area (Å²) in [5, 5.41) is 4.34. The van der Waals surface area contributed by atoms with E-state index in [2.05, 4.69) is 5.16 Å². The van der Waals surface area contributed by atoms with Gasteiger partial charge in [-0.2, -0.15) is 0 Å². The molecule has 29 heavy (non-hydrogen) atoms. The molecule has 0 saturated carbocycles. The molecule has 6 nitrogen and oxygen atoms in total. The minimum atomic E-state index is -0.626. The second kappa shape index (κ2) is 9.12. The number of hydrogen-bond acceptors (Lipinski definition) is 5. The summed E-state index contributed by atoms with van der Waals surface area (Å²) in [6.45, 7) is 2.09. The van der Waals surface area contributed by atoms with E-state index in [1.165, 1.54) is 0 Å². The maximum Gasteiger partial charge on any atom is 0.365 e. The average molecular weight is 410 g/mol. The number of rotatable bonds is 6. The molecular weight excluding hydrogens is 390 g/mol. The van der Waals surface area contributed by atoms with E-state index in [0.29, 0.717) is 27.6 Å². The number of hydrogen-bond donors (Lipinski definition) is 2. The molecule has 0 saturated heterocycles. The van der Waals surface area contributed by atoms with Crippen LogP contribution in [0.3, 0.4) is 0 Å². The Labute approximate surface area is 173 Å². The molecule has 0 atom stereocenters. The highest BCUT2D eigenvalue weighted by molar-refractivity contribution is 6.30. The summed E-state index contributed by atoms with van der Waals surface area (Å²) in [6, 6.07) is 19.2. The Balaban J connectivity index is 1.66. The number of oxime groups is 1. The lowest BCUT2D eigenvalue weighted by molar-refractivity contribution is 0.0516. The van der Waals surface area contributed by atoms with Crippen molar-refractivity contribution in [2.75, 3.05) is 5.73 Å². The number of nitrogens with zero attached hydrogens (tertiary/aromatic N) is 1. The Morgan fingerprint density at radius 1 is 1.07 bits per heavy atom. The van der Waals surface area contributed by atoms with E-state index in [0.717, 1.165) is 11.1 Å². The minimum absolute atomic E-state index is 0.0728. The molecule has 0 aliphatic carbocycles. The molecule has 148 valence electrons. The second-order valence-corrected chi connectivity index (χ2v) is 6.76. The Bertz CT molecular complexity index is 1070. The van der Waals surface area contributed by atoms with Gasteiger partial charge in [-0.3, -0.25) is 0 Å². The number of carbonyl (C=O) groups is 1. The number of amidine groups is 1. The van der Waals surface area contributed by atoms with E-state index in [4.69, 9.17) is 32.6 Å². The van der Waals surface area contributed by atoms with Crippen LogP contribution in [0.1, 0.15) is 27.0 Å². The highest BCUT2D eigenvalue weighted by atomic mass is 35.5. The standard InChI is InChI=1S/C22H20ClN3O3/c1-14-19(9-4-10-20(14)24)21(25)26-29-22(27)16-6-2-5-15(11-16)13-28-18-8-3-7-17(23)12-18/h2-12H,13,24H2,1H3,(H2,25,26). The molecule has 0 aliphatic heterocycles. The molecule has 0 amide bonds. The molecule has 0 heterocycles. The van der Waals surface area contributed by atoms with E-state index >= 15 is 0 Å². The van der Waals surface area contributed by atoms with Gasteiger partial charge >= 0.3 is 5.97 Å².